The third kappa shape index (κ3) is 4.05. The van der Waals surface area contributed by atoms with Crippen LogP contribution in [0.3, 0.4) is 0 Å². The van der Waals surface area contributed by atoms with Crippen molar-refractivity contribution < 1.29 is 4.57 Å². The standard InChI is InChI=1S/C41H30N/c1-27-19-20-35-25-38(27)41-26-39(37-17-3-4-18-40(37)42(41)2)36-16-8-15-34(24-36)32-13-6-11-30(22-32)28-9-5-10-29(21-28)31-12-7-14-33(35)23-31/h3-26H,1-2H3/q+1. The van der Waals surface area contributed by atoms with E-state index in [1.54, 1.807) is 0 Å². The molecule has 0 amide bonds. The molecular weight excluding hydrogens is 506 g/mol. The Morgan fingerprint density at radius 2 is 0.786 bits per heavy atom. The minimum atomic E-state index is 1.21. The fraction of sp³-hybridized carbons (Fsp3) is 0.0488. The molecule has 0 spiro atoms. The number of benzene rings is 6. The molecule has 1 heteroatoms. The van der Waals surface area contributed by atoms with Crippen LogP contribution in [0.4, 0.5) is 0 Å². The summed E-state index contributed by atoms with van der Waals surface area (Å²) in [5.74, 6) is 0. The van der Waals surface area contributed by atoms with Gasteiger partial charge in [-0.2, -0.15) is 4.57 Å². The minimum absolute atomic E-state index is 1.21. The highest BCUT2D eigenvalue weighted by Gasteiger charge is 2.14. The number of hydrogen-bond donors (Lipinski definition) is 0. The molecule has 0 unspecified atom stereocenters. The van der Waals surface area contributed by atoms with Crippen LogP contribution in [0.2, 0.25) is 0 Å². The summed E-state index contributed by atoms with van der Waals surface area (Å²) in [5, 5.41) is 14.7. The van der Waals surface area contributed by atoms with Crippen molar-refractivity contribution in [1.82, 2.24) is 0 Å². The van der Waals surface area contributed by atoms with Gasteiger partial charge in [0, 0.05) is 22.9 Å². The van der Waals surface area contributed by atoms with E-state index in [2.05, 4.69) is 164 Å². The molecule has 0 aliphatic heterocycles. The molecule has 42 heavy (non-hydrogen) atoms. The van der Waals surface area contributed by atoms with E-state index in [-0.39, 0.29) is 0 Å². The molecule has 0 fully saturated rings. The zero-order valence-electron chi connectivity index (χ0n) is 23.8. The predicted octanol–water partition coefficient (Wildman–Crippen LogP) is 10.6. The van der Waals surface area contributed by atoms with Gasteiger partial charge in [0.1, 0.15) is 7.05 Å². The molecule has 8 rings (SSSR count). The number of rotatable bonds is 0. The lowest BCUT2D eigenvalue weighted by atomic mass is 10.0. The van der Waals surface area contributed by atoms with Crippen LogP contribution in [0, 0.1) is 6.92 Å². The summed E-state index contributed by atoms with van der Waals surface area (Å²) in [4.78, 5) is 0. The number of aromatic nitrogens is 1. The molecule has 1 aromatic heterocycles. The summed E-state index contributed by atoms with van der Waals surface area (Å²) >= 11 is 0. The summed E-state index contributed by atoms with van der Waals surface area (Å²) in [5.41, 5.74) is 3.69. The lowest BCUT2D eigenvalue weighted by Gasteiger charge is -2.06. The zero-order valence-corrected chi connectivity index (χ0v) is 23.8. The number of para-hydroxylation sites is 1. The molecule has 0 radical (unpaired) electrons. The second-order valence-electron chi connectivity index (χ2n) is 11.4. The van der Waals surface area contributed by atoms with E-state index >= 15 is 0 Å². The molecule has 1 heterocycles. The molecule has 8 aromatic rings. The van der Waals surface area contributed by atoms with Gasteiger partial charge in [-0.15, -0.1) is 0 Å². The van der Waals surface area contributed by atoms with Gasteiger partial charge < -0.3 is 0 Å². The summed E-state index contributed by atoms with van der Waals surface area (Å²) < 4.78 is 2.35. The van der Waals surface area contributed by atoms with Crippen LogP contribution in [-0.4, -0.2) is 0 Å². The normalized spacial score (nSPS) is 11.6. The van der Waals surface area contributed by atoms with E-state index in [0.29, 0.717) is 0 Å². The zero-order chi connectivity index (χ0) is 28.2. The van der Waals surface area contributed by atoms with E-state index in [1.165, 1.54) is 81.2 Å². The summed E-state index contributed by atoms with van der Waals surface area (Å²) in [7, 11) is 2.19. The summed E-state index contributed by atoms with van der Waals surface area (Å²) in [6.07, 6.45) is 0. The Balaban J connectivity index is 1.67. The van der Waals surface area contributed by atoms with Crippen molar-refractivity contribution >= 4 is 75.7 Å². The van der Waals surface area contributed by atoms with E-state index in [0.717, 1.165) is 0 Å². The highest BCUT2D eigenvalue weighted by molar-refractivity contribution is 6.08. The Labute approximate surface area is 244 Å². The largest absolute Gasteiger partial charge is 0.213 e. The Morgan fingerprint density at radius 1 is 0.333 bits per heavy atom. The maximum Gasteiger partial charge on any atom is 0.213 e. The quantitative estimate of drug-likeness (QED) is 0.170. The van der Waals surface area contributed by atoms with E-state index in [1.807, 2.05) is 0 Å². The molecule has 0 N–H and O–H groups in total. The molecule has 0 aliphatic rings. The van der Waals surface area contributed by atoms with E-state index < -0.39 is 0 Å². The molecule has 0 saturated carbocycles. The monoisotopic (exact) mass is 536 g/mol. The van der Waals surface area contributed by atoms with Gasteiger partial charge in [-0.25, -0.2) is 0 Å². The smallest absolute Gasteiger partial charge is 0.194 e. The van der Waals surface area contributed by atoms with Crippen molar-refractivity contribution in [2.45, 2.75) is 6.92 Å². The Morgan fingerprint density at radius 3 is 1.33 bits per heavy atom. The first-order chi connectivity index (χ1) is 20.6. The Kier molecular flexibility index (Phi) is 5.65. The molecule has 0 saturated heterocycles. The molecular formula is C41H30N+. The van der Waals surface area contributed by atoms with E-state index in [9.17, 15) is 0 Å². The number of nitrogens with zero attached hydrogens (tertiary/aromatic N) is 1. The SMILES string of the molecule is Cc1ccc2cc1c1cc(c3cccc(c3)c3cccc(c3)c3cccc(c3)c3cccc2c3)c2ccccc2[n+]1C. The topological polar surface area (TPSA) is 3.88 Å². The van der Waals surface area contributed by atoms with Crippen LogP contribution in [0.5, 0.6) is 0 Å². The fourth-order valence-corrected chi connectivity index (χ4v) is 6.51. The average Bonchev–Trinajstić information content (AvgIpc) is 3.05. The highest BCUT2D eigenvalue weighted by atomic mass is 14.9. The molecule has 7 aromatic carbocycles. The van der Waals surface area contributed by atoms with Crippen LogP contribution in [0.25, 0.3) is 75.7 Å². The highest BCUT2D eigenvalue weighted by Crippen LogP contribution is 2.29. The Hall–Kier alpha value is -5.27. The molecule has 0 atom stereocenters. The van der Waals surface area contributed by atoms with Gasteiger partial charge in [0.05, 0.1) is 5.39 Å². The van der Waals surface area contributed by atoms with Crippen molar-refractivity contribution in [1.29, 1.82) is 0 Å². The van der Waals surface area contributed by atoms with Crippen LogP contribution in [-0.2, 0) is 7.05 Å². The number of hydrogen-bond acceptors (Lipinski definition) is 0. The third-order valence-electron chi connectivity index (χ3n) is 8.81. The maximum absolute atomic E-state index is 2.38. The second-order valence-corrected chi connectivity index (χ2v) is 11.4. The third-order valence-corrected chi connectivity index (χ3v) is 8.81. The van der Waals surface area contributed by atoms with Crippen LogP contribution < -0.4 is 4.57 Å². The second kappa shape index (κ2) is 9.68. The minimum Gasteiger partial charge on any atom is -0.194 e. The van der Waals surface area contributed by atoms with Crippen molar-refractivity contribution in [2.24, 2.45) is 7.05 Å². The molecule has 198 valence electrons. The lowest BCUT2D eigenvalue weighted by molar-refractivity contribution is -0.617. The first-order valence-electron chi connectivity index (χ1n) is 14.6. The van der Waals surface area contributed by atoms with Gasteiger partial charge in [-0.3, -0.25) is 0 Å². The molecule has 12 bridgehead atoms. The van der Waals surface area contributed by atoms with Gasteiger partial charge in [-0.1, -0.05) is 97.1 Å². The van der Waals surface area contributed by atoms with Gasteiger partial charge in [0.15, 0.2) is 0 Å². The van der Waals surface area contributed by atoms with Crippen molar-refractivity contribution in [3.63, 3.8) is 0 Å². The van der Waals surface area contributed by atoms with Gasteiger partial charge >= 0.3 is 0 Å². The van der Waals surface area contributed by atoms with Crippen molar-refractivity contribution in [3.05, 3.63) is 151 Å². The van der Waals surface area contributed by atoms with E-state index in [4.69, 9.17) is 0 Å². The number of pyridine rings is 1. The van der Waals surface area contributed by atoms with Crippen molar-refractivity contribution in [2.75, 3.05) is 0 Å². The number of fused-ring (bicyclic) bond motifs is 20. The van der Waals surface area contributed by atoms with Gasteiger partial charge in [0.25, 0.3) is 0 Å². The lowest BCUT2D eigenvalue weighted by Crippen LogP contribution is -2.29. The van der Waals surface area contributed by atoms with Crippen LogP contribution >= 0.6 is 0 Å². The summed E-state index contributed by atoms with van der Waals surface area (Å²) in [6, 6.07) is 53.8. The average molecular weight is 537 g/mol. The molecule has 1 nitrogen and oxygen atoms in total. The van der Waals surface area contributed by atoms with Gasteiger partial charge in [-0.05, 0) is 97.4 Å². The van der Waals surface area contributed by atoms with Crippen LogP contribution in [0.15, 0.2) is 146 Å². The Bertz CT molecular complexity index is 2490. The fourth-order valence-electron chi connectivity index (χ4n) is 6.51. The summed E-state index contributed by atoms with van der Waals surface area (Å²) in [6.45, 7) is 2.22. The predicted molar refractivity (Wildman–Crippen MR) is 181 cm³/mol. The first-order valence-corrected chi connectivity index (χ1v) is 14.6. The first kappa shape index (κ1) is 24.5. The van der Waals surface area contributed by atoms with Crippen LogP contribution in [0.1, 0.15) is 5.56 Å². The van der Waals surface area contributed by atoms with Gasteiger partial charge in [0.2, 0.25) is 11.0 Å². The molecule has 0 aliphatic carbocycles. The van der Waals surface area contributed by atoms with Crippen molar-refractivity contribution in [3.8, 4) is 0 Å². The maximum atomic E-state index is 2.38. The number of aryl methyl sites for hydroxylation is 2.